The minimum Gasteiger partial charge on any atom is -0.487 e. The molecule has 1 amide bonds. The van der Waals surface area contributed by atoms with E-state index in [1.54, 1.807) is 30.0 Å². The minimum absolute atomic E-state index is 0.0635. The van der Waals surface area contributed by atoms with E-state index in [0.717, 1.165) is 6.07 Å². The van der Waals surface area contributed by atoms with Gasteiger partial charge >= 0.3 is 6.09 Å². The average molecular weight is 642 g/mol. The first-order chi connectivity index (χ1) is 20.5. The fourth-order valence-corrected chi connectivity index (χ4v) is 7.52. The lowest BCUT2D eigenvalue weighted by Gasteiger charge is -2.34. The van der Waals surface area contributed by atoms with Crippen LogP contribution in [0.1, 0.15) is 65.9 Å². The molecule has 1 N–H and O–H groups in total. The lowest BCUT2D eigenvalue weighted by Crippen LogP contribution is -2.43. The van der Waals surface area contributed by atoms with Gasteiger partial charge in [0, 0.05) is 38.2 Å². The molecule has 44 heavy (non-hydrogen) atoms. The van der Waals surface area contributed by atoms with Gasteiger partial charge in [-0.05, 0) is 64.0 Å². The molecule has 3 heterocycles. The molecule has 2 aliphatic heterocycles. The van der Waals surface area contributed by atoms with Crippen molar-refractivity contribution in [3.8, 4) is 5.75 Å². The van der Waals surface area contributed by atoms with E-state index in [-0.39, 0.29) is 48.3 Å². The fourth-order valence-electron chi connectivity index (χ4n) is 5.70. The topological polar surface area (TPSA) is 114 Å². The summed E-state index contributed by atoms with van der Waals surface area (Å²) >= 11 is 0. The Labute approximate surface area is 257 Å². The number of aromatic nitrogens is 2. The predicted molar refractivity (Wildman–Crippen MR) is 159 cm³/mol. The Balaban J connectivity index is 1.42. The zero-order chi connectivity index (χ0) is 32.4. The van der Waals surface area contributed by atoms with Gasteiger partial charge in [-0.1, -0.05) is 13.8 Å². The van der Waals surface area contributed by atoms with Crippen LogP contribution in [0.25, 0.3) is 0 Å². The quantitative estimate of drug-likeness (QED) is 0.387. The summed E-state index contributed by atoms with van der Waals surface area (Å²) in [6, 6.07) is 0.598. The first-order valence-corrected chi connectivity index (χ1v) is 16.5. The van der Waals surface area contributed by atoms with Crippen LogP contribution in [0.5, 0.6) is 5.75 Å². The number of anilines is 1. The number of ether oxygens (including phenoxy) is 2. The smallest absolute Gasteiger partial charge is 0.407 e. The molecule has 3 atom stereocenters. The van der Waals surface area contributed by atoms with Crippen molar-refractivity contribution in [1.82, 2.24) is 19.6 Å². The van der Waals surface area contributed by atoms with Crippen molar-refractivity contribution >= 4 is 22.1 Å². The maximum atomic E-state index is 14.8. The number of hydrogen-bond donors (Lipinski definition) is 1. The van der Waals surface area contributed by atoms with Gasteiger partial charge in [0.05, 0.1) is 30.3 Å². The molecule has 0 saturated carbocycles. The van der Waals surface area contributed by atoms with Crippen LogP contribution in [0.3, 0.4) is 0 Å². The highest BCUT2D eigenvalue weighted by molar-refractivity contribution is 7.89. The Bertz CT molecular complexity index is 1410. The van der Waals surface area contributed by atoms with Gasteiger partial charge in [0.15, 0.2) is 17.4 Å². The van der Waals surface area contributed by atoms with Gasteiger partial charge in [0.1, 0.15) is 11.4 Å². The number of amides is 1. The molecule has 2 aliphatic rings. The number of nitrogens with zero attached hydrogens (tertiary/aromatic N) is 4. The number of alkyl carbamates (subject to hydrolysis) is 1. The van der Waals surface area contributed by atoms with Gasteiger partial charge < -0.3 is 19.7 Å². The number of nitrogens with one attached hydrogen (secondary N) is 1. The van der Waals surface area contributed by atoms with Crippen molar-refractivity contribution in [2.24, 2.45) is 11.8 Å². The van der Waals surface area contributed by atoms with Crippen LogP contribution < -0.4 is 15.0 Å². The highest BCUT2D eigenvalue weighted by atomic mass is 32.2. The van der Waals surface area contributed by atoms with Crippen LogP contribution in [0, 0.1) is 29.3 Å². The summed E-state index contributed by atoms with van der Waals surface area (Å²) < 4.78 is 80.7. The minimum atomic E-state index is -3.27. The zero-order valence-electron chi connectivity index (χ0n) is 26.0. The lowest BCUT2D eigenvalue weighted by atomic mass is 9.93. The molecular weight excluding hydrogens is 599 g/mol. The largest absolute Gasteiger partial charge is 0.487 e. The molecule has 0 bridgehead atoms. The van der Waals surface area contributed by atoms with E-state index in [9.17, 15) is 26.4 Å². The van der Waals surface area contributed by atoms with Crippen LogP contribution in [0.15, 0.2) is 24.5 Å². The second-order valence-electron chi connectivity index (χ2n) is 13.0. The maximum absolute atomic E-state index is 14.8. The summed E-state index contributed by atoms with van der Waals surface area (Å²) in [4.78, 5) is 23.1. The number of carbonyl (C=O) groups excluding carboxylic acids is 1. The molecule has 0 unspecified atom stereocenters. The summed E-state index contributed by atoms with van der Waals surface area (Å²) in [5, 5.41) is 2.73. The molecular formula is C30H42F3N5O5S. The van der Waals surface area contributed by atoms with E-state index in [0.29, 0.717) is 37.7 Å². The molecule has 10 nitrogen and oxygen atoms in total. The normalized spacial score (nSPS) is 21.0. The van der Waals surface area contributed by atoms with Crippen LogP contribution in [-0.2, 0) is 14.8 Å². The van der Waals surface area contributed by atoms with E-state index < -0.39 is 51.1 Å². The van der Waals surface area contributed by atoms with E-state index in [1.807, 2.05) is 20.8 Å². The SMILES string of the molecule is CC(C)CS(=O)(=O)N1CCC([C@H](C)Oc2cnc(N3C[C@H](NC(=O)OC(C)(C)C)[C@@H](c4cc(F)c(F)cc4F)C3)nc2)CC1. The number of benzene rings is 1. The number of rotatable bonds is 9. The highest BCUT2D eigenvalue weighted by Crippen LogP contribution is 2.33. The summed E-state index contributed by atoms with van der Waals surface area (Å²) in [5.74, 6) is -3.08. The standard InChI is InChI=1S/C30H42F3N5O5S/c1-18(2)17-44(40,41)38-9-7-20(8-10-38)19(3)42-21-13-34-28(35-14-21)37-15-23(22-11-25(32)26(33)12-24(22)31)27(16-37)36-29(39)43-30(4,5)6/h11-14,18-20,23,27H,7-10,15-17H2,1-6H3,(H,36,39)/t19-,23+,27-/m0/s1. The van der Waals surface area contributed by atoms with Gasteiger partial charge in [0.25, 0.3) is 0 Å². The van der Waals surface area contributed by atoms with Crippen molar-refractivity contribution in [3.63, 3.8) is 0 Å². The lowest BCUT2D eigenvalue weighted by molar-refractivity contribution is 0.0504. The fraction of sp³-hybridized carbons (Fsp3) is 0.633. The van der Waals surface area contributed by atoms with Gasteiger partial charge in [0.2, 0.25) is 16.0 Å². The molecule has 2 aromatic rings. The first-order valence-electron chi connectivity index (χ1n) is 14.9. The monoisotopic (exact) mass is 641 g/mol. The molecule has 0 radical (unpaired) electrons. The van der Waals surface area contributed by atoms with Crippen LogP contribution in [-0.4, -0.2) is 78.5 Å². The number of sulfonamides is 1. The van der Waals surface area contributed by atoms with Gasteiger partial charge in [-0.15, -0.1) is 0 Å². The highest BCUT2D eigenvalue weighted by Gasteiger charge is 2.39. The van der Waals surface area contributed by atoms with E-state index >= 15 is 0 Å². The zero-order valence-corrected chi connectivity index (χ0v) is 26.8. The van der Waals surface area contributed by atoms with E-state index in [2.05, 4.69) is 15.3 Å². The van der Waals surface area contributed by atoms with E-state index in [1.165, 1.54) is 12.4 Å². The first kappa shape index (κ1) is 33.8. The molecule has 0 spiro atoms. The Kier molecular flexibility index (Phi) is 10.3. The van der Waals surface area contributed by atoms with Gasteiger partial charge in [-0.3, -0.25) is 0 Å². The number of carbonyl (C=O) groups is 1. The van der Waals surface area contributed by atoms with Gasteiger partial charge in [-0.25, -0.2) is 40.7 Å². The predicted octanol–water partition coefficient (Wildman–Crippen LogP) is 4.86. The number of hydrogen-bond acceptors (Lipinski definition) is 8. The Morgan fingerprint density at radius 2 is 1.64 bits per heavy atom. The molecule has 1 aromatic carbocycles. The van der Waals surface area contributed by atoms with Crippen molar-refractivity contribution < 1.29 is 35.9 Å². The van der Waals surface area contributed by atoms with Gasteiger partial charge in [-0.2, -0.15) is 0 Å². The molecule has 2 saturated heterocycles. The third kappa shape index (κ3) is 8.52. The third-order valence-electron chi connectivity index (χ3n) is 7.78. The number of halogens is 3. The molecule has 14 heteroatoms. The van der Waals surface area contributed by atoms with Crippen molar-refractivity contribution in [2.75, 3.05) is 36.8 Å². The molecule has 0 aliphatic carbocycles. The summed E-state index contributed by atoms with van der Waals surface area (Å²) in [5.41, 5.74) is -0.854. The average Bonchev–Trinajstić information content (AvgIpc) is 3.32. The molecule has 244 valence electrons. The summed E-state index contributed by atoms with van der Waals surface area (Å²) in [7, 11) is -3.27. The third-order valence-corrected chi connectivity index (χ3v) is 10.0. The second kappa shape index (κ2) is 13.5. The molecule has 1 aromatic heterocycles. The van der Waals surface area contributed by atoms with Crippen LogP contribution in [0.2, 0.25) is 0 Å². The van der Waals surface area contributed by atoms with Crippen LogP contribution in [0.4, 0.5) is 23.9 Å². The Morgan fingerprint density at radius 1 is 1.02 bits per heavy atom. The second-order valence-corrected chi connectivity index (χ2v) is 15.0. The maximum Gasteiger partial charge on any atom is 0.407 e. The van der Waals surface area contributed by atoms with Crippen molar-refractivity contribution in [1.29, 1.82) is 0 Å². The Hall–Kier alpha value is -3.13. The van der Waals surface area contributed by atoms with Crippen molar-refractivity contribution in [3.05, 3.63) is 47.5 Å². The Morgan fingerprint density at radius 3 is 2.23 bits per heavy atom. The summed E-state index contributed by atoms with van der Waals surface area (Å²) in [6.45, 7) is 12.0. The number of piperidine rings is 1. The summed E-state index contributed by atoms with van der Waals surface area (Å²) in [6.07, 6.45) is 3.47. The van der Waals surface area contributed by atoms with Crippen molar-refractivity contribution in [2.45, 2.75) is 78.0 Å². The molecule has 2 fully saturated rings. The van der Waals surface area contributed by atoms with Crippen LogP contribution >= 0.6 is 0 Å². The van der Waals surface area contributed by atoms with E-state index in [4.69, 9.17) is 9.47 Å². The molecule has 4 rings (SSSR count).